The highest BCUT2D eigenvalue weighted by molar-refractivity contribution is 5.35. The Morgan fingerprint density at radius 2 is 1.94 bits per heavy atom. The SMILES string of the molecule is Cc1ccc(C(C)(C)CNCNN)c(C)c1. The van der Waals surface area contributed by atoms with Gasteiger partial charge in [0.1, 0.15) is 0 Å². The van der Waals surface area contributed by atoms with Gasteiger partial charge in [-0.1, -0.05) is 37.6 Å². The van der Waals surface area contributed by atoms with Crippen LogP contribution in [0.2, 0.25) is 0 Å². The molecule has 0 aliphatic rings. The smallest absolute Gasteiger partial charge is 0.0587 e. The van der Waals surface area contributed by atoms with Gasteiger partial charge in [0.25, 0.3) is 0 Å². The monoisotopic (exact) mass is 221 g/mol. The number of hydrogen-bond acceptors (Lipinski definition) is 3. The minimum absolute atomic E-state index is 0.120. The van der Waals surface area contributed by atoms with Crippen molar-refractivity contribution in [1.82, 2.24) is 10.7 Å². The summed E-state index contributed by atoms with van der Waals surface area (Å²) in [7, 11) is 0. The number of nitrogens with one attached hydrogen (secondary N) is 2. The van der Waals surface area contributed by atoms with Crippen LogP contribution in [0.5, 0.6) is 0 Å². The van der Waals surface area contributed by atoms with Gasteiger partial charge in [0.05, 0.1) is 6.67 Å². The quantitative estimate of drug-likeness (QED) is 0.306. The van der Waals surface area contributed by atoms with E-state index >= 15 is 0 Å². The molecule has 0 aliphatic carbocycles. The molecular weight excluding hydrogens is 198 g/mol. The number of aryl methyl sites for hydroxylation is 2. The molecule has 3 heteroatoms. The highest BCUT2D eigenvalue weighted by Gasteiger charge is 2.21. The van der Waals surface area contributed by atoms with E-state index < -0.39 is 0 Å². The largest absolute Gasteiger partial charge is 0.303 e. The van der Waals surface area contributed by atoms with E-state index in [0.717, 1.165) is 6.54 Å². The summed E-state index contributed by atoms with van der Waals surface area (Å²) in [5.41, 5.74) is 6.78. The molecule has 0 spiro atoms. The lowest BCUT2D eigenvalue weighted by Gasteiger charge is -2.27. The summed E-state index contributed by atoms with van der Waals surface area (Å²) in [5.74, 6) is 5.23. The Morgan fingerprint density at radius 3 is 2.50 bits per heavy atom. The zero-order chi connectivity index (χ0) is 12.2. The van der Waals surface area contributed by atoms with E-state index in [-0.39, 0.29) is 5.41 Å². The maximum atomic E-state index is 5.23. The van der Waals surface area contributed by atoms with Gasteiger partial charge in [-0.2, -0.15) is 0 Å². The first-order valence-corrected chi connectivity index (χ1v) is 5.69. The summed E-state index contributed by atoms with van der Waals surface area (Å²) in [6.07, 6.45) is 0. The molecule has 3 nitrogen and oxygen atoms in total. The molecule has 0 aliphatic heterocycles. The Morgan fingerprint density at radius 1 is 1.25 bits per heavy atom. The molecule has 0 amide bonds. The fourth-order valence-corrected chi connectivity index (χ4v) is 2.12. The van der Waals surface area contributed by atoms with Gasteiger partial charge in [-0.25, -0.2) is 5.43 Å². The van der Waals surface area contributed by atoms with Crippen LogP contribution in [0.25, 0.3) is 0 Å². The fourth-order valence-electron chi connectivity index (χ4n) is 2.12. The lowest BCUT2D eigenvalue weighted by molar-refractivity contribution is 0.453. The minimum Gasteiger partial charge on any atom is -0.303 e. The van der Waals surface area contributed by atoms with Crippen LogP contribution in [-0.2, 0) is 5.41 Å². The van der Waals surface area contributed by atoms with Crippen molar-refractivity contribution >= 4 is 0 Å². The average Bonchev–Trinajstić information content (AvgIpc) is 2.17. The molecule has 4 N–H and O–H groups in total. The van der Waals surface area contributed by atoms with Crippen LogP contribution in [0.3, 0.4) is 0 Å². The Balaban J connectivity index is 2.80. The van der Waals surface area contributed by atoms with Gasteiger partial charge < -0.3 is 5.32 Å². The van der Waals surface area contributed by atoms with Gasteiger partial charge >= 0.3 is 0 Å². The van der Waals surface area contributed by atoms with Gasteiger partial charge in [-0.15, -0.1) is 0 Å². The van der Waals surface area contributed by atoms with Gasteiger partial charge in [0, 0.05) is 12.0 Å². The number of hydrogen-bond donors (Lipinski definition) is 3. The predicted octanol–water partition coefficient (Wildman–Crippen LogP) is 1.59. The van der Waals surface area contributed by atoms with Crippen molar-refractivity contribution in [3.05, 3.63) is 34.9 Å². The van der Waals surface area contributed by atoms with Crippen LogP contribution in [0.15, 0.2) is 18.2 Å². The van der Waals surface area contributed by atoms with E-state index in [2.05, 4.69) is 56.6 Å². The fraction of sp³-hybridized carbons (Fsp3) is 0.538. The first kappa shape index (κ1) is 13.2. The molecule has 0 heterocycles. The zero-order valence-corrected chi connectivity index (χ0v) is 10.7. The molecule has 1 rings (SSSR count). The van der Waals surface area contributed by atoms with Crippen molar-refractivity contribution in [3.8, 4) is 0 Å². The summed E-state index contributed by atoms with van der Waals surface area (Å²) < 4.78 is 0. The highest BCUT2D eigenvalue weighted by Crippen LogP contribution is 2.26. The van der Waals surface area contributed by atoms with Crippen LogP contribution >= 0.6 is 0 Å². The Labute approximate surface area is 98.4 Å². The zero-order valence-electron chi connectivity index (χ0n) is 10.7. The van der Waals surface area contributed by atoms with Crippen LogP contribution in [-0.4, -0.2) is 13.2 Å². The van der Waals surface area contributed by atoms with E-state index in [4.69, 9.17) is 5.84 Å². The second-order valence-corrected chi connectivity index (χ2v) is 5.01. The molecule has 0 saturated carbocycles. The first-order valence-electron chi connectivity index (χ1n) is 5.69. The summed E-state index contributed by atoms with van der Waals surface area (Å²) in [4.78, 5) is 0. The number of rotatable bonds is 5. The van der Waals surface area contributed by atoms with Gasteiger partial charge in [0.15, 0.2) is 0 Å². The number of nitrogens with two attached hydrogens (primary N) is 1. The van der Waals surface area contributed by atoms with E-state index in [1.807, 2.05) is 0 Å². The maximum Gasteiger partial charge on any atom is 0.0587 e. The molecule has 0 bridgehead atoms. The van der Waals surface area contributed by atoms with Crippen molar-refractivity contribution in [2.75, 3.05) is 13.2 Å². The summed E-state index contributed by atoms with van der Waals surface area (Å²) in [6, 6.07) is 6.63. The van der Waals surface area contributed by atoms with Crippen molar-refractivity contribution < 1.29 is 0 Å². The average molecular weight is 221 g/mol. The minimum atomic E-state index is 0.120. The summed E-state index contributed by atoms with van der Waals surface area (Å²) in [5, 5.41) is 3.28. The summed E-state index contributed by atoms with van der Waals surface area (Å²) >= 11 is 0. The molecule has 0 fully saturated rings. The second-order valence-electron chi connectivity index (χ2n) is 5.01. The lowest BCUT2D eigenvalue weighted by Crippen LogP contribution is -2.40. The number of benzene rings is 1. The lowest BCUT2D eigenvalue weighted by atomic mass is 9.81. The Kier molecular flexibility index (Phi) is 4.47. The van der Waals surface area contributed by atoms with Crippen molar-refractivity contribution in [1.29, 1.82) is 0 Å². The van der Waals surface area contributed by atoms with Crippen molar-refractivity contribution in [2.24, 2.45) is 5.84 Å². The number of hydrazine groups is 1. The molecule has 0 radical (unpaired) electrons. The van der Waals surface area contributed by atoms with E-state index in [1.165, 1.54) is 16.7 Å². The highest BCUT2D eigenvalue weighted by atomic mass is 15.3. The van der Waals surface area contributed by atoms with Gasteiger partial charge in [0.2, 0.25) is 0 Å². The molecular formula is C13H23N3. The molecule has 0 atom stereocenters. The van der Waals surface area contributed by atoms with Gasteiger partial charge in [-0.05, 0) is 25.0 Å². The molecule has 1 aromatic rings. The van der Waals surface area contributed by atoms with Crippen molar-refractivity contribution in [3.63, 3.8) is 0 Å². The standard InChI is InChI=1S/C13H23N3/c1-10-5-6-12(11(2)7-10)13(3,4)8-15-9-16-14/h5-7,15-16H,8-9,14H2,1-4H3. The Bertz CT molecular complexity index is 345. The molecule has 0 unspecified atom stereocenters. The third-order valence-electron chi connectivity index (χ3n) is 2.91. The van der Waals surface area contributed by atoms with Crippen LogP contribution < -0.4 is 16.6 Å². The van der Waals surface area contributed by atoms with Crippen LogP contribution in [0.1, 0.15) is 30.5 Å². The molecule has 90 valence electrons. The van der Waals surface area contributed by atoms with E-state index in [0.29, 0.717) is 6.67 Å². The normalized spacial score (nSPS) is 11.8. The van der Waals surface area contributed by atoms with Crippen LogP contribution in [0, 0.1) is 13.8 Å². The molecule has 1 aromatic carbocycles. The van der Waals surface area contributed by atoms with Gasteiger partial charge in [-0.3, -0.25) is 5.84 Å². The third-order valence-corrected chi connectivity index (χ3v) is 2.91. The molecule has 16 heavy (non-hydrogen) atoms. The molecule has 0 aromatic heterocycles. The summed E-state index contributed by atoms with van der Waals surface area (Å²) in [6.45, 7) is 10.3. The second kappa shape index (κ2) is 5.43. The topological polar surface area (TPSA) is 50.1 Å². The van der Waals surface area contributed by atoms with Crippen molar-refractivity contribution in [2.45, 2.75) is 33.1 Å². The molecule has 0 saturated heterocycles. The first-order chi connectivity index (χ1) is 7.47. The predicted molar refractivity (Wildman–Crippen MR) is 69.1 cm³/mol. The third kappa shape index (κ3) is 3.30. The van der Waals surface area contributed by atoms with E-state index in [1.54, 1.807) is 0 Å². The van der Waals surface area contributed by atoms with E-state index in [9.17, 15) is 0 Å². The Hall–Kier alpha value is -0.900. The van der Waals surface area contributed by atoms with Crippen LogP contribution in [0.4, 0.5) is 0 Å². The maximum absolute atomic E-state index is 5.23.